The standard InChI is InChI=1S/C26H32N2O3/c29-26-10-7-22-17-24(8-9-25(22)27-26)31-23-11-13-28(14-12-23)15-16-30-18-19-1-3-20(4-2-19)21-5-6-21/h1-4,8-9,17,21,23H,5-7,10-16,18H2,(H,27,29). The first-order chi connectivity index (χ1) is 15.2. The van der Waals surface area contributed by atoms with E-state index >= 15 is 0 Å². The number of carbonyl (C=O) groups is 1. The molecular weight excluding hydrogens is 388 g/mol. The first-order valence-electron chi connectivity index (χ1n) is 11.7. The van der Waals surface area contributed by atoms with Gasteiger partial charge in [0, 0.05) is 31.7 Å². The van der Waals surface area contributed by atoms with Crippen molar-refractivity contribution in [3.8, 4) is 5.75 Å². The highest BCUT2D eigenvalue weighted by atomic mass is 16.5. The number of hydrogen-bond acceptors (Lipinski definition) is 4. The molecule has 1 N–H and O–H groups in total. The molecule has 0 unspecified atom stereocenters. The van der Waals surface area contributed by atoms with Gasteiger partial charge in [0.25, 0.3) is 0 Å². The molecule has 5 nitrogen and oxygen atoms in total. The lowest BCUT2D eigenvalue weighted by Crippen LogP contribution is -2.39. The molecule has 1 saturated carbocycles. The van der Waals surface area contributed by atoms with Gasteiger partial charge in [-0.05, 0) is 72.9 Å². The summed E-state index contributed by atoms with van der Waals surface area (Å²) < 4.78 is 12.2. The molecule has 5 rings (SSSR count). The summed E-state index contributed by atoms with van der Waals surface area (Å²) in [5.41, 5.74) is 4.85. The number of amides is 1. The van der Waals surface area contributed by atoms with Crippen molar-refractivity contribution in [3.63, 3.8) is 0 Å². The zero-order valence-corrected chi connectivity index (χ0v) is 18.1. The summed E-state index contributed by atoms with van der Waals surface area (Å²) in [7, 11) is 0. The van der Waals surface area contributed by atoms with E-state index in [4.69, 9.17) is 9.47 Å². The molecule has 0 atom stereocenters. The van der Waals surface area contributed by atoms with E-state index in [1.807, 2.05) is 12.1 Å². The Hall–Kier alpha value is -2.37. The van der Waals surface area contributed by atoms with Crippen LogP contribution < -0.4 is 10.1 Å². The highest BCUT2D eigenvalue weighted by molar-refractivity contribution is 5.93. The van der Waals surface area contributed by atoms with E-state index in [1.165, 1.54) is 29.5 Å². The number of rotatable bonds is 8. The summed E-state index contributed by atoms with van der Waals surface area (Å²) in [5.74, 6) is 1.84. The van der Waals surface area contributed by atoms with Crippen LogP contribution in [-0.2, 0) is 22.6 Å². The number of nitrogens with zero attached hydrogens (tertiary/aromatic N) is 1. The maximum absolute atomic E-state index is 11.5. The fourth-order valence-electron chi connectivity index (χ4n) is 4.56. The molecule has 2 aromatic carbocycles. The second-order valence-corrected chi connectivity index (χ2v) is 9.09. The van der Waals surface area contributed by atoms with Crippen LogP contribution in [0.1, 0.15) is 54.7 Å². The summed E-state index contributed by atoms with van der Waals surface area (Å²) in [6.45, 7) is 4.54. The SMILES string of the molecule is O=C1CCc2cc(OC3CCN(CCOCc4ccc(C5CC5)cc4)CC3)ccc2N1. The van der Waals surface area contributed by atoms with Crippen molar-refractivity contribution in [3.05, 3.63) is 59.2 Å². The largest absolute Gasteiger partial charge is 0.490 e. The number of likely N-dealkylation sites (tertiary alicyclic amines) is 1. The molecule has 2 aromatic rings. The quantitative estimate of drug-likeness (QED) is 0.639. The molecule has 2 heterocycles. The van der Waals surface area contributed by atoms with Gasteiger partial charge in [-0.15, -0.1) is 0 Å². The summed E-state index contributed by atoms with van der Waals surface area (Å²) in [5, 5.41) is 2.93. The van der Waals surface area contributed by atoms with Crippen LogP contribution in [0.5, 0.6) is 5.75 Å². The van der Waals surface area contributed by atoms with Crippen LogP contribution in [0.4, 0.5) is 5.69 Å². The maximum atomic E-state index is 11.5. The van der Waals surface area contributed by atoms with E-state index in [-0.39, 0.29) is 12.0 Å². The van der Waals surface area contributed by atoms with Crippen molar-refractivity contribution in [2.24, 2.45) is 0 Å². The van der Waals surface area contributed by atoms with E-state index in [2.05, 4.69) is 40.5 Å². The summed E-state index contributed by atoms with van der Waals surface area (Å²) in [6, 6.07) is 15.0. The number of anilines is 1. The normalized spacial score (nSPS) is 19.7. The van der Waals surface area contributed by atoms with Gasteiger partial charge in [0.05, 0.1) is 13.2 Å². The second-order valence-electron chi connectivity index (χ2n) is 9.09. The first-order valence-corrected chi connectivity index (χ1v) is 11.7. The highest BCUT2D eigenvalue weighted by Gasteiger charge is 2.23. The molecule has 0 spiro atoms. The van der Waals surface area contributed by atoms with Crippen molar-refractivity contribution in [2.75, 3.05) is 31.6 Å². The zero-order chi connectivity index (χ0) is 21.0. The van der Waals surface area contributed by atoms with Crippen LogP contribution in [0.15, 0.2) is 42.5 Å². The van der Waals surface area contributed by atoms with Crippen LogP contribution in [0.2, 0.25) is 0 Å². The van der Waals surface area contributed by atoms with Crippen LogP contribution in [-0.4, -0.2) is 43.2 Å². The molecule has 0 bridgehead atoms. The van der Waals surface area contributed by atoms with Gasteiger partial charge in [0.2, 0.25) is 5.91 Å². The third-order valence-corrected chi connectivity index (χ3v) is 6.66. The molecule has 3 aliphatic rings. The number of fused-ring (bicyclic) bond motifs is 1. The Bertz CT molecular complexity index is 899. The molecule has 31 heavy (non-hydrogen) atoms. The van der Waals surface area contributed by atoms with Gasteiger partial charge in [0.15, 0.2) is 0 Å². The van der Waals surface area contributed by atoms with E-state index in [9.17, 15) is 4.79 Å². The highest BCUT2D eigenvalue weighted by Crippen LogP contribution is 2.39. The van der Waals surface area contributed by atoms with E-state index in [0.717, 1.165) is 62.9 Å². The Kier molecular flexibility index (Phi) is 6.23. The Morgan fingerprint density at radius 1 is 0.968 bits per heavy atom. The van der Waals surface area contributed by atoms with Gasteiger partial charge in [-0.3, -0.25) is 4.79 Å². The lowest BCUT2D eigenvalue weighted by molar-refractivity contribution is -0.116. The minimum atomic E-state index is 0.101. The fourth-order valence-corrected chi connectivity index (χ4v) is 4.56. The molecule has 2 fully saturated rings. The number of nitrogens with one attached hydrogen (secondary N) is 1. The van der Waals surface area contributed by atoms with E-state index in [1.54, 1.807) is 0 Å². The van der Waals surface area contributed by atoms with Gasteiger partial charge in [-0.1, -0.05) is 24.3 Å². The Balaban J connectivity index is 1.00. The zero-order valence-electron chi connectivity index (χ0n) is 18.1. The average Bonchev–Trinajstić information content (AvgIpc) is 3.64. The molecule has 1 amide bonds. The van der Waals surface area contributed by atoms with Crippen molar-refractivity contribution in [2.45, 2.75) is 57.2 Å². The Morgan fingerprint density at radius 3 is 2.55 bits per heavy atom. The number of carbonyl (C=O) groups excluding carboxylic acids is 1. The van der Waals surface area contributed by atoms with Crippen molar-refractivity contribution >= 4 is 11.6 Å². The van der Waals surface area contributed by atoms with Gasteiger partial charge >= 0.3 is 0 Å². The van der Waals surface area contributed by atoms with Crippen molar-refractivity contribution in [1.29, 1.82) is 0 Å². The molecule has 1 saturated heterocycles. The summed E-state index contributed by atoms with van der Waals surface area (Å²) in [6.07, 6.45) is 6.39. The first kappa shape index (κ1) is 20.5. The Labute approximate surface area is 184 Å². The van der Waals surface area contributed by atoms with E-state index in [0.29, 0.717) is 13.0 Å². The molecule has 2 aliphatic heterocycles. The Morgan fingerprint density at radius 2 is 1.77 bits per heavy atom. The average molecular weight is 421 g/mol. The number of ether oxygens (including phenoxy) is 2. The number of hydrogen-bond donors (Lipinski definition) is 1. The van der Waals surface area contributed by atoms with E-state index < -0.39 is 0 Å². The fraction of sp³-hybridized carbons (Fsp3) is 0.500. The van der Waals surface area contributed by atoms with Gasteiger partial charge in [-0.25, -0.2) is 0 Å². The molecule has 0 aromatic heterocycles. The lowest BCUT2D eigenvalue weighted by Gasteiger charge is -2.32. The molecule has 5 heteroatoms. The molecule has 0 radical (unpaired) electrons. The predicted molar refractivity (Wildman–Crippen MR) is 122 cm³/mol. The van der Waals surface area contributed by atoms with Crippen molar-refractivity contribution in [1.82, 2.24) is 4.90 Å². The molecule has 1 aliphatic carbocycles. The maximum Gasteiger partial charge on any atom is 0.224 e. The molecule has 164 valence electrons. The van der Waals surface area contributed by atoms with Crippen LogP contribution in [0.25, 0.3) is 0 Å². The summed E-state index contributed by atoms with van der Waals surface area (Å²) >= 11 is 0. The third-order valence-electron chi connectivity index (χ3n) is 6.66. The predicted octanol–water partition coefficient (Wildman–Crippen LogP) is 4.51. The number of benzene rings is 2. The second kappa shape index (κ2) is 9.41. The topological polar surface area (TPSA) is 50.8 Å². The van der Waals surface area contributed by atoms with Crippen molar-refractivity contribution < 1.29 is 14.3 Å². The van der Waals surface area contributed by atoms with Crippen LogP contribution >= 0.6 is 0 Å². The van der Waals surface area contributed by atoms with Gasteiger partial charge in [0.1, 0.15) is 11.9 Å². The minimum Gasteiger partial charge on any atom is -0.490 e. The molecular formula is C26H32N2O3. The van der Waals surface area contributed by atoms with Crippen LogP contribution in [0.3, 0.4) is 0 Å². The lowest BCUT2D eigenvalue weighted by atomic mass is 10.0. The van der Waals surface area contributed by atoms with Gasteiger partial charge in [-0.2, -0.15) is 0 Å². The number of piperidine rings is 1. The van der Waals surface area contributed by atoms with Crippen LogP contribution in [0, 0.1) is 0 Å². The third kappa shape index (κ3) is 5.46. The monoisotopic (exact) mass is 420 g/mol. The summed E-state index contributed by atoms with van der Waals surface area (Å²) in [4.78, 5) is 14.0. The minimum absolute atomic E-state index is 0.101. The number of aryl methyl sites for hydroxylation is 1. The smallest absolute Gasteiger partial charge is 0.224 e. The van der Waals surface area contributed by atoms with Gasteiger partial charge < -0.3 is 19.7 Å².